The number of ether oxygens (including phenoxy) is 1. The van der Waals surface area contributed by atoms with Crippen LogP contribution in [0.3, 0.4) is 0 Å². The summed E-state index contributed by atoms with van der Waals surface area (Å²) in [6, 6.07) is 14.3. The summed E-state index contributed by atoms with van der Waals surface area (Å²) in [4.78, 5) is 0. The zero-order chi connectivity index (χ0) is 13.0. The second kappa shape index (κ2) is 5.56. The molecular formula is C15H16O3. The molecule has 0 amide bonds. The van der Waals surface area contributed by atoms with E-state index < -0.39 is 6.10 Å². The molecule has 0 aliphatic carbocycles. The summed E-state index contributed by atoms with van der Waals surface area (Å²) < 4.78 is 5.59. The average Bonchev–Trinajstić information content (AvgIpc) is 2.37. The monoisotopic (exact) mass is 244 g/mol. The Morgan fingerprint density at radius 2 is 1.83 bits per heavy atom. The van der Waals surface area contributed by atoms with Gasteiger partial charge in [0.2, 0.25) is 0 Å². The van der Waals surface area contributed by atoms with Gasteiger partial charge in [0.1, 0.15) is 18.1 Å². The van der Waals surface area contributed by atoms with Crippen LogP contribution in [0.1, 0.15) is 24.2 Å². The van der Waals surface area contributed by atoms with Crippen LogP contribution in [0.2, 0.25) is 0 Å². The number of rotatable bonds is 4. The predicted molar refractivity (Wildman–Crippen MR) is 69.5 cm³/mol. The van der Waals surface area contributed by atoms with Gasteiger partial charge in [0.15, 0.2) is 0 Å². The number of phenols is 1. The van der Waals surface area contributed by atoms with Crippen molar-refractivity contribution in [3.63, 3.8) is 0 Å². The second-order valence-electron chi connectivity index (χ2n) is 4.20. The smallest absolute Gasteiger partial charge is 0.119 e. The summed E-state index contributed by atoms with van der Waals surface area (Å²) in [5.41, 5.74) is 1.77. The third-order valence-corrected chi connectivity index (χ3v) is 2.68. The molecule has 0 fully saturated rings. The SMILES string of the molecule is C[C@@H](O)c1ccc(OCc2cccc(O)c2)cc1. The fraction of sp³-hybridized carbons (Fsp3) is 0.200. The van der Waals surface area contributed by atoms with Crippen LogP contribution in [0.15, 0.2) is 48.5 Å². The molecule has 3 heteroatoms. The molecule has 2 rings (SSSR count). The Balaban J connectivity index is 1.98. The highest BCUT2D eigenvalue weighted by Gasteiger charge is 2.01. The first-order chi connectivity index (χ1) is 8.65. The van der Waals surface area contributed by atoms with Crippen LogP contribution in [0.4, 0.5) is 0 Å². The lowest BCUT2D eigenvalue weighted by Crippen LogP contribution is -1.96. The van der Waals surface area contributed by atoms with Crippen molar-refractivity contribution in [2.24, 2.45) is 0 Å². The first kappa shape index (κ1) is 12.5. The molecule has 0 bridgehead atoms. The maximum absolute atomic E-state index is 9.38. The Morgan fingerprint density at radius 1 is 1.11 bits per heavy atom. The van der Waals surface area contributed by atoms with Gasteiger partial charge in [-0.3, -0.25) is 0 Å². The summed E-state index contributed by atoms with van der Waals surface area (Å²) >= 11 is 0. The summed E-state index contributed by atoms with van der Waals surface area (Å²) in [5, 5.41) is 18.7. The zero-order valence-corrected chi connectivity index (χ0v) is 10.2. The molecule has 0 saturated carbocycles. The van der Waals surface area contributed by atoms with Gasteiger partial charge in [-0.25, -0.2) is 0 Å². The maximum Gasteiger partial charge on any atom is 0.119 e. The minimum Gasteiger partial charge on any atom is -0.508 e. The van der Waals surface area contributed by atoms with Crippen LogP contribution in [0, 0.1) is 0 Å². The van der Waals surface area contributed by atoms with E-state index in [4.69, 9.17) is 4.74 Å². The molecule has 0 unspecified atom stereocenters. The zero-order valence-electron chi connectivity index (χ0n) is 10.2. The average molecular weight is 244 g/mol. The van der Waals surface area contributed by atoms with Crippen molar-refractivity contribution in [3.05, 3.63) is 59.7 Å². The molecule has 0 spiro atoms. The normalized spacial score (nSPS) is 12.1. The summed E-state index contributed by atoms with van der Waals surface area (Å²) in [7, 11) is 0. The Labute approximate surface area is 106 Å². The van der Waals surface area contributed by atoms with Crippen molar-refractivity contribution in [1.29, 1.82) is 0 Å². The van der Waals surface area contributed by atoms with Crippen molar-refractivity contribution in [3.8, 4) is 11.5 Å². The molecule has 0 aliphatic heterocycles. The first-order valence-corrected chi connectivity index (χ1v) is 5.84. The third kappa shape index (κ3) is 3.25. The second-order valence-corrected chi connectivity index (χ2v) is 4.20. The Bertz CT molecular complexity index is 503. The lowest BCUT2D eigenvalue weighted by Gasteiger charge is -2.08. The minimum absolute atomic E-state index is 0.237. The van der Waals surface area contributed by atoms with Crippen LogP contribution in [0.25, 0.3) is 0 Å². The number of aliphatic hydroxyl groups excluding tert-OH is 1. The van der Waals surface area contributed by atoms with E-state index in [-0.39, 0.29) is 5.75 Å². The highest BCUT2D eigenvalue weighted by molar-refractivity contribution is 5.30. The van der Waals surface area contributed by atoms with Gasteiger partial charge in [0.25, 0.3) is 0 Å². The van der Waals surface area contributed by atoms with E-state index >= 15 is 0 Å². The first-order valence-electron chi connectivity index (χ1n) is 5.84. The molecule has 94 valence electrons. The van der Waals surface area contributed by atoms with Gasteiger partial charge in [-0.1, -0.05) is 24.3 Å². The summed E-state index contributed by atoms with van der Waals surface area (Å²) in [6.45, 7) is 2.13. The molecule has 3 nitrogen and oxygen atoms in total. The molecule has 0 aromatic heterocycles. The van der Waals surface area contributed by atoms with Crippen LogP contribution < -0.4 is 4.74 Å². The fourth-order valence-corrected chi connectivity index (χ4v) is 1.66. The predicted octanol–water partition coefficient (Wildman–Crippen LogP) is 3.02. The molecule has 18 heavy (non-hydrogen) atoms. The summed E-state index contributed by atoms with van der Waals surface area (Å²) in [6.07, 6.45) is -0.467. The van der Waals surface area contributed by atoms with Gasteiger partial charge in [-0.05, 0) is 42.3 Å². The Hall–Kier alpha value is -2.00. The molecule has 0 radical (unpaired) electrons. The number of hydrogen-bond acceptors (Lipinski definition) is 3. The highest BCUT2D eigenvalue weighted by atomic mass is 16.5. The van der Waals surface area contributed by atoms with Crippen molar-refractivity contribution >= 4 is 0 Å². The van der Waals surface area contributed by atoms with Crippen LogP contribution in [-0.2, 0) is 6.61 Å². The van der Waals surface area contributed by atoms with Crippen molar-refractivity contribution in [2.75, 3.05) is 0 Å². The van der Waals surface area contributed by atoms with E-state index in [1.54, 1.807) is 25.1 Å². The van der Waals surface area contributed by atoms with Gasteiger partial charge in [0.05, 0.1) is 6.10 Å². The Morgan fingerprint density at radius 3 is 2.44 bits per heavy atom. The Kier molecular flexibility index (Phi) is 3.85. The third-order valence-electron chi connectivity index (χ3n) is 2.68. The molecule has 0 saturated heterocycles. The van der Waals surface area contributed by atoms with E-state index in [1.165, 1.54) is 0 Å². The number of aliphatic hydroxyl groups is 1. The number of benzene rings is 2. The fourth-order valence-electron chi connectivity index (χ4n) is 1.66. The van der Waals surface area contributed by atoms with E-state index in [1.807, 2.05) is 30.3 Å². The van der Waals surface area contributed by atoms with Gasteiger partial charge in [-0.2, -0.15) is 0 Å². The number of aromatic hydroxyl groups is 1. The molecule has 0 heterocycles. The number of phenolic OH excluding ortho intramolecular Hbond substituents is 1. The van der Waals surface area contributed by atoms with Crippen LogP contribution in [-0.4, -0.2) is 10.2 Å². The topological polar surface area (TPSA) is 49.7 Å². The lowest BCUT2D eigenvalue weighted by molar-refractivity contribution is 0.199. The molecular weight excluding hydrogens is 228 g/mol. The minimum atomic E-state index is -0.467. The van der Waals surface area contributed by atoms with Crippen molar-refractivity contribution < 1.29 is 14.9 Å². The van der Waals surface area contributed by atoms with Gasteiger partial charge in [-0.15, -0.1) is 0 Å². The van der Waals surface area contributed by atoms with E-state index in [0.29, 0.717) is 6.61 Å². The van der Waals surface area contributed by atoms with Crippen LogP contribution >= 0.6 is 0 Å². The van der Waals surface area contributed by atoms with Gasteiger partial charge >= 0.3 is 0 Å². The maximum atomic E-state index is 9.38. The largest absolute Gasteiger partial charge is 0.508 e. The molecule has 2 aromatic carbocycles. The standard InChI is InChI=1S/C15H16O3/c1-11(16)13-5-7-15(8-6-13)18-10-12-3-2-4-14(17)9-12/h2-9,11,16-17H,10H2,1H3/t11-/m1/s1. The molecule has 1 atom stereocenters. The van der Waals surface area contributed by atoms with E-state index in [0.717, 1.165) is 16.9 Å². The van der Waals surface area contributed by atoms with Crippen molar-refractivity contribution in [1.82, 2.24) is 0 Å². The van der Waals surface area contributed by atoms with Gasteiger partial charge < -0.3 is 14.9 Å². The highest BCUT2D eigenvalue weighted by Crippen LogP contribution is 2.19. The molecule has 2 N–H and O–H groups in total. The van der Waals surface area contributed by atoms with Crippen molar-refractivity contribution in [2.45, 2.75) is 19.6 Å². The quantitative estimate of drug-likeness (QED) is 0.869. The van der Waals surface area contributed by atoms with E-state index in [2.05, 4.69) is 0 Å². The molecule has 0 aliphatic rings. The van der Waals surface area contributed by atoms with Crippen LogP contribution in [0.5, 0.6) is 11.5 Å². The summed E-state index contributed by atoms with van der Waals surface area (Å²) in [5.74, 6) is 0.975. The molecule has 2 aromatic rings. The lowest BCUT2D eigenvalue weighted by atomic mass is 10.1. The van der Waals surface area contributed by atoms with E-state index in [9.17, 15) is 10.2 Å². The van der Waals surface area contributed by atoms with Gasteiger partial charge in [0, 0.05) is 0 Å². The number of hydrogen-bond donors (Lipinski definition) is 2.